The van der Waals surface area contributed by atoms with Gasteiger partial charge in [-0.15, -0.1) is 11.3 Å². The summed E-state index contributed by atoms with van der Waals surface area (Å²) < 4.78 is 0. The molecule has 16 heavy (non-hydrogen) atoms. The maximum Gasteiger partial charge on any atom is 0.285 e. The predicted molar refractivity (Wildman–Crippen MR) is 68.8 cm³/mol. The van der Waals surface area contributed by atoms with Crippen LogP contribution in [-0.2, 0) is 4.79 Å². The van der Waals surface area contributed by atoms with E-state index < -0.39 is 0 Å². The number of likely N-dealkylation sites (tertiary alicyclic amines) is 1. The molecular formula is C10H13N3OS2. The summed E-state index contributed by atoms with van der Waals surface area (Å²) in [5.41, 5.74) is 0. The molecule has 1 N–H and O–H groups in total. The second-order valence-electron chi connectivity index (χ2n) is 3.64. The highest BCUT2D eigenvalue weighted by Crippen LogP contribution is 2.13. The molecule has 0 atom stereocenters. The third-order valence-electron chi connectivity index (χ3n) is 2.49. The molecule has 1 fully saturated rings. The van der Waals surface area contributed by atoms with E-state index in [0.717, 1.165) is 25.9 Å². The van der Waals surface area contributed by atoms with Gasteiger partial charge in [-0.1, -0.05) is 12.2 Å². The number of amides is 1. The molecule has 0 radical (unpaired) electrons. The summed E-state index contributed by atoms with van der Waals surface area (Å²) in [4.78, 5) is 18.1. The van der Waals surface area contributed by atoms with Crippen molar-refractivity contribution in [3.05, 3.63) is 11.6 Å². The minimum atomic E-state index is -0.216. The van der Waals surface area contributed by atoms with Crippen molar-refractivity contribution in [1.82, 2.24) is 9.88 Å². The van der Waals surface area contributed by atoms with E-state index in [2.05, 4.69) is 10.3 Å². The van der Waals surface area contributed by atoms with Crippen LogP contribution in [0.15, 0.2) is 11.6 Å². The average Bonchev–Trinajstić information content (AvgIpc) is 2.82. The van der Waals surface area contributed by atoms with Crippen LogP contribution in [-0.4, -0.2) is 33.9 Å². The van der Waals surface area contributed by atoms with Crippen molar-refractivity contribution in [2.75, 3.05) is 18.4 Å². The minimum Gasteiger partial charge on any atom is -0.358 e. The summed E-state index contributed by atoms with van der Waals surface area (Å²) >= 11 is 6.55. The van der Waals surface area contributed by atoms with Crippen LogP contribution < -0.4 is 5.32 Å². The number of hydrogen-bond donors (Lipinski definition) is 1. The summed E-state index contributed by atoms with van der Waals surface area (Å²) in [6, 6.07) is 0. The Kier molecular flexibility index (Phi) is 3.84. The van der Waals surface area contributed by atoms with E-state index in [1.54, 1.807) is 6.20 Å². The van der Waals surface area contributed by atoms with E-state index in [4.69, 9.17) is 12.2 Å². The summed E-state index contributed by atoms with van der Waals surface area (Å²) in [5, 5.41) is 5.12. The fourth-order valence-corrected chi connectivity index (χ4v) is 2.43. The van der Waals surface area contributed by atoms with E-state index in [1.165, 1.54) is 17.8 Å². The van der Waals surface area contributed by atoms with Crippen molar-refractivity contribution in [2.45, 2.75) is 19.3 Å². The molecule has 0 unspecified atom stereocenters. The topological polar surface area (TPSA) is 45.2 Å². The first-order chi connectivity index (χ1) is 7.77. The summed E-state index contributed by atoms with van der Waals surface area (Å²) in [6.45, 7) is 1.79. The lowest BCUT2D eigenvalue weighted by Crippen LogP contribution is -2.41. The molecule has 86 valence electrons. The number of thiazole rings is 1. The highest BCUT2D eigenvalue weighted by Gasteiger charge is 2.19. The molecular weight excluding hydrogens is 242 g/mol. The quantitative estimate of drug-likeness (QED) is 0.778. The molecule has 0 aromatic carbocycles. The number of aromatic nitrogens is 1. The van der Waals surface area contributed by atoms with Gasteiger partial charge in [-0.3, -0.25) is 10.1 Å². The van der Waals surface area contributed by atoms with Gasteiger partial charge in [0.1, 0.15) is 0 Å². The monoisotopic (exact) mass is 255 g/mol. The Bertz CT molecular complexity index is 371. The maximum atomic E-state index is 11.8. The lowest BCUT2D eigenvalue weighted by molar-refractivity contribution is -0.110. The number of nitrogens with one attached hydrogen (secondary N) is 1. The smallest absolute Gasteiger partial charge is 0.285 e. The Morgan fingerprint density at radius 1 is 1.44 bits per heavy atom. The van der Waals surface area contributed by atoms with Crippen LogP contribution in [0.2, 0.25) is 0 Å². The third kappa shape index (κ3) is 2.76. The first-order valence-electron chi connectivity index (χ1n) is 5.27. The zero-order valence-corrected chi connectivity index (χ0v) is 10.4. The van der Waals surface area contributed by atoms with Crippen LogP contribution >= 0.6 is 23.6 Å². The van der Waals surface area contributed by atoms with Crippen LogP contribution in [0.3, 0.4) is 0 Å². The minimum absolute atomic E-state index is 0.216. The molecule has 1 aromatic rings. The van der Waals surface area contributed by atoms with Gasteiger partial charge >= 0.3 is 0 Å². The number of carbonyl (C=O) groups is 1. The fraction of sp³-hybridized carbons (Fsp3) is 0.500. The van der Waals surface area contributed by atoms with Crippen molar-refractivity contribution in [1.29, 1.82) is 0 Å². The number of thiocarbonyl (C=S) groups is 1. The molecule has 1 saturated heterocycles. The normalized spacial score (nSPS) is 15.9. The fourth-order valence-electron chi connectivity index (χ4n) is 1.68. The van der Waals surface area contributed by atoms with E-state index in [0.29, 0.717) is 10.1 Å². The predicted octanol–water partition coefficient (Wildman–Crippen LogP) is 1.89. The van der Waals surface area contributed by atoms with Gasteiger partial charge in [-0.2, -0.15) is 0 Å². The largest absolute Gasteiger partial charge is 0.358 e. The van der Waals surface area contributed by atoms with Crippen molar-refractivity contribution in [3.8, 4) is 0 Å². The molecule has 0 spiro atoms. The van der Waals surface area contributed by atoms with Gasteiger partial charge in [0.25, 0.3) is 5.91 Å². The maximum absolute atomic E-state index is 11.8. The number of rotatable bonds is 1. The molecule has 0 saturated carbocycles. The van der Waals surface area contributed by atoms with Crippen LogP contribution in [0.25, 0.3) is 0 Å². The Labute approximate surface area is 104 Å². The molecule has 4 nitrogen and oxygen atoms in total. The number of nitrogens with zero attached hydrogens (tertiary/aromatic N) is 2. The lowest BCUT2D eigenvalue weighted by Gasteiger charge is -2.27. The number of carbonyl (C=O) groups excluding carboxylic acids is 1. The first kappa shape index (κ1) is 11.5. The average molecular weight is 255 g/mol. The Morgan fingerprint density at radius 3 is 2.81 bits per heavy atom. The van der Waals surface area contributed by atoms with Gasteiger partial charge in [0.05, 0.1) is 0 Å². The van der Waals surface area contributed by atoms with Gasteiger partial charge < -0.3 is 4.90 Å². The van der Waals surface area contributed by atoms with Crippen LogP contribution in [0, 0.1) is 0 Å². The molecule has 6 heteroatoms. The number of hydrogen-bond acceptors (Lipinski definition) is 4. The molecule has 1 aliphatic heterocycles. The highest BCUT2D eigenvalue weighted by atomic mass is 32.1. The Morgan fingerprint density at radius 2 is 2.19 bits per heavy atom. The van der Waals surface area contributed by atoms with E-state index in [9.17, 15) is 4.79 Å². The van der Waals surface area contributed by atoms with Gasteiger partial charge in [-0.25, -0.2) is 4.98 Å². The van der Waals surface area contributed by atoms with Gasteiger partial charge in [0.15, 0.2) is 10.1 Å². The van der Waals surface area contributed by atoms with E-state index in [-0.39, 0.29) is 5.91 Å². The summed E-state index contributed by atoms with van der Waals surface area (Å²) in [6.07, 6.45) is 5.12. The Hall–Kier alpha value is -1.01. The summed E-state index contributed by atoms with van der Waals surface area (Å²) in [7, 11) is 0. The molecule has 2 heterocycles. The molecule has 1 amide bonds. The zero-order valence-electron chi connectivity index (χ0n) is 8.81. The van der Waals surface area contributed by atoms with Crippen LogP contribution in [0.4, 0.5) is 5.13 Å². The van der Waals surface area contributed by atoms with Gasteiger partial charge in [-0.05, 0) is 19.3 Å². The Balaban J connectivity index is 1.91. The number of anilines is 1. The SMILES string of the molecule is O=C(Nc1nccs1)C(=S)N1CCCCC1. The summed E-state index contributed by atoms with van der Waals surface area (Å²) in [5.74, 6) is -0.216. The van der Waals surface area contributed by atoms with E-state index in [1.807, 2.05) is 10.3 Å². The van der Waals surface area contributed by atoms with Crippen molar-refractivity contribution in [2.24, 2.45) is 0 Å². The standard InChI is InChI=1S/C10H13N3OS2/c14-8(12-10-11-4-7-16-10)9(15)13-5-2-1-3-6-13/h4,7H,1-3,5-6H2,(H,11,12,14). The van der Waals surface area contributed by atoms with E-state index >= 15 is 0 Å². The van der Waals surface area contributed by atoms with Crippen LogP contribution in [0.5, 0.6) is 0 Å². The molecule has 1 aliphatic rings. The van der Waals surface area contributed by atoms with Crippen LogP contribution in [0.1, 0.15) is 19.3 Å². The molecule has 2 rings (SSSR count). The van der Waals surface area contributed by atoms with Crippen molar-refractivity contribution >= 4 is 39.6 Å². The van der Waals surface area contributed by atoms with Gasteiger partial charge in [0, 0.05) is 24.7 Å². The third-order valence-corrected chi connectivity index (χ3v) is 3.62. The van der Waals surface area contributed by atoms with Crippen molar-refractivity contribution in [3.63, 3.8) is 0 Å². The molecule has 0 bridgehead atoms. The lowest BCUT2D eigenvalue weighted by atomic mass is 10.1. The first-order valence-corrected chi connectivity index (χ1v) is 6.56. The van der Waals surface area contributed by atoms with Crippen molar-refractivity contribution < 1.29 is 4.79 Å². The second-order valence-corrected chi connectivity index (χ2v) is 4.93. The molecule has 0 aliphatic carbocycles. The number of piperidine rings is 1. The molecule has 1 aromatic heterocycles. The zero-order chi connectivity index (χ0) is 11.4. The van der Waals surface area contributed by atoms with Gasteiger partial charge in [0.2, 0.25) is 0 Å². The second kappa shape index (κ2) is 5.36. The highest BCUT2D eigenvalue weighted by molar-refractivity contribution is 7.82.